The van der Waals surface area contributed by atoms with Gasteiger partial charge in [-0.3, -0.25) is 4.79 Å². The van der Waals surface area contributed by atoms with Gasteiger partial charge in [-0.15, -0.1) is 0 Å². The topological polar surface area (TPSA) is 55.2 Å². The summed E-state index contributed by atoms with van der Waals surface area (Å²) in [5.74, 6) is 0. The molecule has 0 unspecified atom stereocenters. The zero-order chi connectivity index (χ0) is 18.8. The summed E-state index contributed by atoms with van der Waals surface area (Å²) < 4.78 is 1.25. The van der Waals surface area contributed by atoms with E-state index in [1.165, 1.54) is 4.57 Å². The number of benzene rings is 2. The second-order valence-electron chi connectivity index (χ2n) is 6.83. The molecular formula is C21H23N3O2. The van der Waals surface area contributed by atoms with Crippen LogP contribution in [0.4, 0.5) is 4.79 Å². The Kier molecular flexibility index (Phi) is 4.89. The molecule has 0 atom stereocenters. The van der Waals surface area contributed by atoms with Crippen LogP contribution in [-0.4, -0.2) is 32.6 Å². The lowest BCUT2D eigenvalue weighted by Gasteiger charge is -2.31. The summed E-state index contributed by atoms with van der Waals surface area (Å²) in [5, 5.41) is 0. The molecule has 0 saturated carbocycles. The van der Waals surface area contributed by atoms with E-state index in [1.807, 2.05) is 76.2 Å². The summed E-state index contributed by atoms with van der Waals surface area (Å²) in [6.45, 7) is 7.80. The first-order chi connectivity index (χ1) is 12.4. The molecular weight excluding hydrogens is 326 g/mol. The molecule has 0 spiro atoms. The third-order valence-electron chi connectivity index (χ3n) is 4.33. The van der Waals surface area contributed by atoms with Crippen molar-refractivity contribution in [2.24, 2.45) is 0 Å². The molecule has 1 aromatic heterocycles. The summed E-state index contributed by atoms with van der Waals surface area (Å²) in [6, 6.07) is 16.1. The lowest BCUT2D eigenvalue weighted by Crippen LogP contribution is -2.47. The lowest BCUT2D eigenvalue weighted by atomic mass is 10.1. The van der Waals surface area contributed by atoms with Crippen molar-refractivity contribution in [2.45, 2.75) is 39.8 Å². The average Bonchev–Trinajstić information content (AvgIpc) is 2.61. The first kappa shape index (κ1) is 17.9. The maximum atomic E-state index is 13.3. The summed E-state index contributed by atoms with van der Waals surface area (Å²) in [4.78, 5) is 32.8. The Morgan fingerprint density at radius 3 is 2.12 bits per heavy atom. The van der Waals surface area contributed by atoms with Crippen LogP contribution in [0, 0.1) is 0 Å². The summed E-state index contributed by atoms with van der Waals surface area (Å²) >= 11 is 0. The highest BCUT2D eigenvalue weighted by Crippen LogP contribution is 2.19. The van der Waals surface area contributed by atoms with Gasteiger partial charge < -0.3 is 4.90 Å². The number of nitrogens with zero attached hydrogens (tertiary/aromatic N) is 3. The maximum absolute atomic E-state index is 13.3. The largest absolute Gasteiger partial charge is 0.332 e. The van der Waals surface area contributed by atoms with Crippen molar-refractivity contribution < 1.29 is 4.79 Å². The van der Waals surface area contributed by atoms with E-state index in [4.69, 9.17) is 0 Å². The highest BCUT2D eigenvalue weighted by Gasteiger charge is 2.25. The van der Waals surface area contributed by atoms with Gasteiger partial charge in [-0.05, 0) is 39.8 Å². The Bertz CT molecular complexity index is 983. The Labute approximate surface area is 152 Å². The lowest BCUT2D eigenvalue weighted by molar-refractivity contribution is 0.166. The summed E-state index contributed by atoms with van der Waals surface area (Å²) in [7, 11) is 0. The minimum absolute atomic E-state index is 0.0264. The van der Waals surface area contributed by atoms with Gasteiger partial charge in [0.2, 0.25) is 0 Å². The molecule has 0 fully saturated rings. The number of hydrogen-bond donors (Lipinski definition) is 0. The molecule has 5 heteroatoms. The predicted octanol–water partition coefficient (Wildman–Crippen LogP) is 4.15. The normalized spacial score (nSPS) is 11.3. The van der Waals surface area contributed by atoms with Gasteiger partial charge in [0, 0.05) is 17.6 Å². The van der Waals surface area contributed by atoms with Gasteiger partial charge in [-0.2, -0.15) is 0 Å². The minimum atomic E-state index is -0.397. The van der Waals surface area contributed by atoms with Crippen LogP contribution in [-0.2, 0) is 0 Å². The molecule has 0 aliphatic carbocycles. The zero-order valence-electron chi connectivity index (χ0n) is 15.5. The highest BCUT2D eigenvalue weighted by molar-refractivity contribution is 5.90. The van der Waals surface area contributed by atoms with Crippen LogP contribution in [0.15, 0.2) is 59.4 Å². The van der Waals surface area contributed by atoms with Crippen LogP contribution in [0.2, 0.25) is 0 Å². The molecule has 134 valence electrons. The van der Waals surface area contributed by atoms with Crippen LogP contribution in [0.1, 0.15) is 27.7 Å². The van der Waals surface area contributed by atoms with Crippen LogP contribution >= 0.6 is 0 Å². The fourth-order valence-electron chi connectivity index (χ4n) is 3.26. The SMILES string of the molecule is CC(C)N(C(=O)n1c(=O)c(-c2ccccc2)nc2ccccc21)C(C)C. The van der Waals surface area contributed by atoms with E-state index in [1.54, 1.807) is 11.0 Å². The van der Waals surface area contributed by atoms with Crippen LogP contribution in [0.5, 0.6) is 0 Å². The van der Waals surface area contributed by atoms with E-state index >= 15 is 0 Å². The van der Waals surface area contributed by atoms with Gasteiger partial charge in [0.05, 0.1) is 11.0 Å². The van der Waals surface area contributed by atoms with Crippen molar-refractivity contribution in [1.29, 1.82) is 0 Å². The van der Waals surface area contributed by atoms with Crippen molar-refractivity contribution in [2.75, 3.05) is 0 Å². The van der Waals surface area contributed by atoms with Gasteiger partial charge in [0.25, 0.3) is 5.56 Å². The molecule has 0 radical (unpaired) electrons. The quantitative estimate of drug-likeness (QED) is 0.714. The number of para-hydroxylation sites is 2. The molecule has 1 amide bonds. The Balaban J connectivity index is 2.32. The molecule has 5 nitrogen and oxygen atoms in total. The second kappa shape index (κ2) is 7.12. The number of hydrogen-bond acceptors (Lipinski definition) is 3. The number of amides is 1. The first-order valence-electron chi connectivity index (χ1n) is 8.81. The van der Waals surface area contributed by atoms with Gasteiger partial charge in [0.15, 0.2) is 0 Å². The molecule has 3 aromatic rings. The smallest absolute Gasteiger partial charge is 0.319 e. The van der Waals surface area contributed by atoms with Crippen molar-refractivity contribution in [3.05, 3.63) is 65.0 Å². The minimum Gasteiger partial charge on any atom is -0.319 e. The Hall–Kier alpha value is -2.95. The molecule has 0 aliphatic heterocycles. The van der Waals surface area contributed by atoms with Gasteiger partial charge >= 0.3 is 6.03 Å². The molecule has 1 heterocycles. The van der Waals surface area contributed by atoms with Gasteiger partial charge in [-0.25, -0.2) is 14.3 Å². The number of carbonyl (C=O) groups is 1. The van der Waals surface area contributed by atoms with E-state index in [0.717, 1.165) is 0 Å². The standard InChI is InChI=1S/C21H23N3O2/c1-14(2)23(15(3)4)21(26)24-18-13-9-8-12-17(18)22-19(20(24)25)16-10-6-5-7-11-16/h5-15H,1-4H3. The van der Waals surface area contributed by atoms with Crippen molar-refractivity contribution >= 4 is 17.1 Å². The van der Waals surface area contributed by atoms with E-state index in [9.17, 15) is 9.59 Å². The molecule has 3 rings (SSSR count). The third kappa shape index (κ3) is 3.12. The molecule has 2 aromatic carbocycles. The molecule has 0 bridgehead atoms. The van der Waals surface area contributed by atoms with E-state index in [2.05, 4.69) is 4.98 Å². The fraction of sp³-hybridized carbons (Fsp3) is 0.286. The summed E-state index contributed by atoms with van der Waals surface area (Å²) in [6.07, 6.45) is 0. The highest BCUT2D eigenvalue weighted by atomic mass is 16.2. The number of rotatable bonds is 3. The van der Waals surface area contributed by atoms with Gasteiger partial charge in [-0.1, -0.05) is 42.5 Å². The van der Waals surface area contributed by atoms with Crippen molar-refractivity contribution in [1.82, 2.24) is 14.5 Å². The van der Waals surface area contributed by atoms with Crippen LogP contribution in [0.25, 0.3) is 22.3 Å². The molecule has 0 saturated heterocycles. The number of carbonyl (C=O) groups excluding carboxylic acids is 1. The molecule has 0 N–H and O–H groups in total. The fourth-order valence-corrected chi connectivity index (χ4v) is 3.26. The predicted molar refractivity (Wildman–Crippen MR) is 104 cm³/mol. The number of aromatic nitrogens is 2. The first-order valence-corrected chi connectivity index (χ1v) is 8.81. The Morgan fingerprint density at radius 1 is 0.923 bits per heavy atom. The van der Waals surface area contributed by atoms with E-state index < -0.39 is 5.56 Å². The average molecular weight is 349 g/mol. The van der Waals surface area contributed by atoms with Gasteiger partial charge in [0.1, 0.15) is 5.69 Å². The summed E-state index contributed by atoms with van der Waals surface area (Å²) in [5.41, 5.74) is 1.72. The van der Waals surface area contributed by atoms with Crippen LogP contribution < -0.4 is 5.56 Å². The number of fused-ring (bicyclic) bond motifs is 1. The monoisotopic (exact) mass is 349 g/mol. The third-order valence-corrected chi connectivity index (χ3v) is 4.33. The van der Waals surface area contributed by atoms with E-state index in [0.29, 0.717) is 16.6 Å². The van der Waals surface area contributed by atoms with Crippen molar-refractivity contribution in [3.63, 3.8) is 0 Å². The maximum Gasteiger partial charge on any atom is 0.332 e. The molecule has 26 heavy (non-hydrogen) atoms. The van der Waals surface area contributed by atoms with Crippen molar-refractivity contribution in [3.8, 4) is 11.3 Å². The van der Waals surface area contributed by atoms with E-state index in [-0.39, 0.29) is 23.8 Å². The zero-order valence-corrected chi connectivity index (χ0v) is 15.5. The molecule has 0 aliphatic rings. The second-order valence-corrected chi connectivity index (χ2v) is 6.83. The Morgan fingerprint density at radius 2 is 1.50 bits per heavy atom. The van der Waals surface area contributed by atoms with Crippen LogP contribution in [0.3, 0.4) is 0 Å².